The molecule has 2 aromatic carbocycles. The second-order valence-electron chi connectivity index (χ2n) is 6.50. The minimum absolute atomic E-state index is 0.0800. The average Bonchev–Trinajstić information content (AvgIpc) is 2.78. The molecular formula is C22H23N3O4S. The molecule has 156 valence electrons. The van der Waals surface area contributed by atoms with Crippen molar-refractivity contribution in [2.24, 2.45) is 0 Å². The smallest absolute Gasteiger partial charge is 0.251 e. The first-order valence-corrected chi connectivity index (χ1v) is 10.9. The third-order valence-corrected chi connectivity index (χ3v) is 5.90. The summed E-state index contributed by atoms with van der Waals surface area (Å²) in [5.74, 6) is -0.229. The fourth-order valence-electron chi connectivity index (χ4n) is 2.86. The summed E-state index contributed by atoms with van der Waals surface area (Å²) in [6.45, 7) is 0.467. The summed E-state index contributed by atoms with van der Waals surface area (Å²) >= 11 is 0. The number of pyridine rings is 1. The molecule has 1 heterocycles. The highest BCUT2D eigenvalue weighted by molar-refractivity contribution is 7.89. The number of carbonyl (C=O) groups excluding carboxylic acids is 1. The highest BCUT2D eigenvalue weighted by Gasteiger charge is 2.21. The van der Waals surface area contributed by atoms with Crippen LogP contribution in [-0.2, 0) is 23.0 Å². The van der Waals surface area contributed by atoms with Crippen molar-refractivity contribution >= 4 is 15.9 Å². The fraction of sp³-hybridized carbons (Fsp3) is 0.182. The molecule has 1 aromatic heterocycles. The average molecular weight is 426 g/mol. The number of methoxy groups -OCH3 is 1. The minimum Gasteiger partial charge on any atom is -0.495 e. The van der Waals surface area contributed by atoms with Crippen LogP contribution in [0.3, 0.4) is 0 Å². The number of amides is 1. The van der Waals surface area contributed by atoms with Gasteiger partial charge in [-0.25, -0.2) is 13.1 Å². The van der Waals surface area contributed by atoms with Crippen molar-refractivity contribution in [3.8, 4) is 5.75 Å². The third kappa shape index (κ3) is 5.65. The van der Waals surface area contributed by atoms with Gasteiger partial charge in [-0.2, -0.15) is 0 Å². The Bertz CT molecular complexity index is 1090. The first kappa shape index (κ1) is 21.5. The van der Waals surface area contributed by atoms with E-state index in [2.05, 4.69) is 15.0 Å². The van der Waals surface area contributed by atoms with Crippen LogP contribution in [0.1, 0.15) is 21.6 Å². The van der Waals surface area contributed by atoms with Gasteiger partial charge in [0.15, 0.2) is 0 Å². The fourth-order valence-corrected chi connectivity index (χ4v) is 4.08. The Morgan fingerprint density at radius 2 is 1.80 bits per heavy atom. The van der Waals surface area contributed by atoms with Crippen molar-refractivity contribution in [2.45, 2.75) is 17.9 Å². The van der Waals surface area contributed by atoms with Crippen molar-refractivity contribution in [1.29, 1.82) is 0 Å². The van der Waals surface area contributed by atoms with Gasteiger partial charge in [-0.05, 0) is 42.3 Å². The summed E-state index contributed by atoms with van der Waals surface area (Å²) in [5.41, 5.74) is 1.94. The molecule has 0 saturated heterocycles. The van der Waals surface area contributed by atoms with Gasteiger partial charge in [0.05, 0.1) is 19.3 Å². The number of ether oxygens (including phenoxy) is 1. The normalized spacial score (nSPS) is 11.1. The molecule has 7 nitrogen and oxygen atoms in total. The number of nitrogens with zero attached hydrogens (tertiary/aromatic N) is 1. The summed E-state index contributed by atoms with van der Waals surface area (Å²) in [7, 11) is -2.48. The molecule has 30 heavy (non-hydrogen) atoms. The molecule has 2 N–H and O–H groups in total. The van der Waals surface area contributed by atoms with E-state index in [-0.39, 0.29) is 29.3 Å². The van der Waals surface area contributed by atoms with Crippen molar-refractivity contribution in [3.05, 3.63) is 89.7 Å². The molecule has 0 aliphatic carbocycles. The zero-order valence-electron chi connectivity index (χ0n) is 16.5. The molecule has 0 radical (unpaired) electrons. The third-order valence-electron chi connectivity index (χ3n) is 4.42. The number of rotatable bonds is 9. The Morgan fingerprint density at radius 1 is 1.03 bits per heavy atom. The molecule has 1 amide bonds. The molecular weight excluding hydrogens is 402 g/mol. The SMILES string of the molecule is COc1ccc(C(=O)NCc2ccccn2)cc1S(=O)(=O)NCCc1ccccc1. The molecule has 0 aliphatic heterocycles. The summed E-state index contributed by atoms with van der Waals surface area (Å²) in [6, 6.07) is 19.3. The molecule has 0 spiro atoms. The standard InChI is InChI=1S/C22H23N3O4S/c1-29-20-11-10-18(22(26)24-16-19-9-5-6-13-23-19)15-21(20)30(27,28)25-14-12-17-7-3-2-4-8-17/h2-11,13,15,25H,12,14,16H2,1H3,(H,24,26). The van der Waals surface area contributed by atoms with Gasteiger partial charge in [0, 0.05) is 18.3 Å². The molecule has 0 saturated carbocycles. The quantitative estimate of drug-likeness (QED) is 0.549. The molecule has 8 heteroatoms. The van der Waals surface area contributed by atoms with E-state index >= 15 is 0 Å². The Kier molecular flexibility index (Phi) is 7.16. The van der Waals surface area contributed by atoms with Crippen LogP contribution >= 0.6 is 0 Å². The summed E-state index contributed by atoms with van der Waals surface area (Å²) in [4.78, 5) is 16.6. The topological polar surface area (TPSA) is 97.4 Å². The van der Waals surface area contributed by atoms with Gasteiger partial charge in [-0.3, -0.25) is 9.78 Å². The predicted molar refractivity (Wildman–Crippen MR) is 114 cm³/mol. The van der Waals surface area contributed by atoms with Crippen molar-refractivity contribution in [1.82, 2.24) is 15.0 Å². The molecule has 0 unspecified atom stereocenters. The largest absolute Gasteiger partial charge is 0.495 e. The predicted octanol–water partition coefficient (Wildman–Crippen LogP) is 2.54. The molecule has 3 rings (SSSR count). The van der Waals surface area contributed by atoms with Gasteiger partial charge in [0.2, 0.25) is 10.0 Å². The van der Waals surface area contributed by atoms with Gasteiger partial charge in [-0.15, -0.1) is 0 Å². The highest BCUT2D eigenvalue weighted by atomic mass is 32.2. The van der Waals surface area contributed by atoms with E-state index in [9.17, 15) is 13.2 Å². The van der Waals surface area contributed by atoms with Crippen LogP contribution in [0, 0.1) is 0 Å². The Hall–Kier alpha value is -3.23. The van der Waals surface area contributed by atoms with Crippen LogP contribution in [0.5, 0.6) is 5.75 Å². The van der Waals surface area contributed by atoms with Crippen molar-refractivity contribution in [3.63, 3.8) is 0 Å². The lowest BCUT2D eigenvalue weighted by Crippen LogP contribution is -2.27. The van der Waals surface area contributed by atoms with Crippen LogP contribution in [0.2, 0.25) is 0 Å². The van der Waals surface area contributed by atoms with Crippen molar-refractivity contribution < 1.29 is 17.9 Å². The van der Waals surface area contributed by atoms with Gasteiger partial charge in [0.25, 0.3) is 5.91 Å². The molecule has 0 aliphatic rings. The van der Waals surface area contributed by atoms with E-state index in [1.807, 2.05) is 36.4 Å². The van der Waals surface area contributed by atoms with Gasteiger partial charge < -0.3 is 10.1 Å². The first-order valence-electron chi connectivity index (χ1n) is 9.39. The molecule has 3 aromatic rings. The van der Waals surface area contributed by atoms with Crippen LogP contribution in [-0.4, -0.2) is 33.0 Å². The number of hydrogen-bond donors (Lipinski definition) is 2. The van der Waals surface area contributed by atoms with Crippen LogP contribution in [0.25, 0.3) is 0 Å². The van der Waals surface area contributed by atoms with E-state index in [4.69, 9.17) is 4.74 Å². The lowest BCUT2D eigenvalue weighted by molar-refractivity contribution is 0.0950. The number of benzene rings is 2. The lowest BCUT2D eigenvalue weighted by atomic mass is 10.2. The molecule has 0 atom stereocenters. The van der Waals surface area contributed by atoms with E-state index in [1.54, 1.807) is 18.3 Å². The molecule has 0 fully saturated rings. The van der Waals surface area contributed by atoms with Gasteiger partial charge in [-0.1, -0.05) is 36.4 Å². The number of nitrogens with one attached hydrogen (secondary N) is 2. The summed E-state index contributed by atoms with van der Waals surface area (Å²) in [5, 5.41) is 2.74. The van der Waals surface area contributed by atoms with Crippen LogP contribution in [0.15, 0.2) is 77.8 Å². The number of hydrogen-bond acceptors (Lipinski definition) is 5. The van der Waals surface area contributed by atoms with E-state index in [1.165, 1.54) is 25.3 Å². The Morgan fingerprint density at radius 3 is 2.50 bits per heavy atom. The molecule has 0 bridgehead atoms. The Labute approximate surface area is 176 Å². The number of aromatic nitrogens is 1. The van der Waals surface area contributed by atoms with Gasteiger partial charge in [0.1, 0.15) is 10.6 Å². The number of carbonyl (C=O) groups is 1. The maximum atomic E-state index is 12.8. The second-order valence-corrected chi connectivity index (χ2v) is 8.24. The highest BCUT2D eigenvalue weighted by Crippen LogP contribution is 2.25. The lowest BCUT2D eigenvalue weighted by Gasteiger charge is -2.13. The number of sulfonamides is 1. The zero-order valence-corrected chi connectivity index (χ0v) is 17.4. The summed E-state index contributed by atoms with van der Waals surface area (Å²) in [6.07, 6.45) is 2.19. The second kappa shape index (κ2) is 10.00. The van der Waals surface area contributed by atoms with E-state index in [0.717, 1.165) is 5.56 Å². The minimum atomic E-state index is -3.86. The maximum absolute atomic E-state index is 12.8. The zero-order chi connectivity index (χ0) is 21.4. The summed E-state index contributed by atoms with van der Waals surface area (Å²) < 4.78 is 33.4. The van der Waals surface area contributed by atoms with E-state index in [0.29, 0.717) is 12.1 Å². The van der Waals surface area contributed by atoms with Crippen LogP contribution in [0.4, 0.5) is 0 Å². The van der Waals surface area contributed by atoms with Gasteiger partial charge >= 0.3 is 0 Å². The van der Waals surface area contributed by atoms with E-state index < -0.39 is 15.9 Å². The van der Waals surface area contributed by atoms with Crippen molar-refractivity contribution in [2.75, 3.05) is 13.7 Å². The Balaban J connectivity index is 1.71. The van der Waals surface area contributed by atoms with Crippen LogP contribution < -0.4 is 14.8 Å². The maximum Gasteiger partial charge on any atom is 0.251 e. The monoisotopic (exact) mass is 425 g/mol. The first-order chi connectivity index (χ1) is 14.5.